The van der Waals surface area contributed by atoms with E-state index in [0.717, 1.165) is 32.6 Å². The van der Waals surface area contributed by atoms with Crippen molar-refractivity contribution in [2.24, 2.45) is 5.92 Å². The van der Waals surface area contributed by atoms with Gasteiger partial charge in [0.1, 0.15) is 6.54 Å². The van der Waals surface area contributed by atoms with Crippen LogP contribution in [0.5, 0.6) is 0 Å². The number of nitrogen functional groups attached to an aromatic ring is 1. The first-order valence-electron chi connectivity index (χ1n) is 6.25. The summed E-state index contributed by atoms with van der Waals surface area (Å²) >= 11 is 0. The highest BCUT2D eigenvalue weighted by Crippen LogP contribution is 2.15. The molecule has 0 spiro atoms. The molecule has 18 heavy (non-hydrogen) atoms. The van der Waals surface area contributed by atoms with Gasteiger partial charge in [-0.15, -0.1) is 0 Å². The van der Waals surface area contributed by atoms with Gasteiger partial charge in [0, 0.05) is 33.0 Å². The molecule has 2 N–H and O–H groups in total. The average Bonchev–Trinajstić information content (AvgIpc) is 2.76. The lowest BCUT2D eigenvalue weighted by molar-refractivity contribution is -0.131. The zero-order valence-corrected chi connectivity index (χ0v) is 10.7. The highest BCUT2D eigenvalue weighted by molar-refractivity contribution is 5.75. The molecule has 1 aromatic rings. The van der Waals surface area contributed by atoms with Crippen molar-refractivity contribution in [2.45, 2.75) is 19.4 Å². The SMILES string of the molecule is CN(CC1CCOCC1)C(=O)Cn1cc(N)cn1. The van der Waals surface area contributed by atoms with Crippen LogP contribution in [0.3, 0.4) is 0 Å². The second-order valence-electron chi connectivity index (χ2n) is 4.80. The molecule has 6 nitrogen and oxygen atoms in total. The maximum atomic E-state index is 12.0. The third-order valence-corrected chi connectivity index (χ3v) is 3.25. The van der Waals surface area contributed by atoms with Crippen molar-refractivity contribution in [3.63, 3.8) is 0 Å². The van der Waals surface area contributed by atoms with Gasteiger partial charge in [0.15, 0.2) is 0 Å². The number of nitrogens with two attached hydrogens (primary N) is 1. The molecule has 0 saturated carbocycles. The van der Waals surface area contributed by atoms with E-state index in [2.05, 4.69) is 5.10 Å². The van der Waals surface area contributed by atoms with Crippen LogP contribution in [0.25, 0.3) is 0 Å². The topological polar surface area (TPSA) is 73.4 Å². The lowest BCUT2D eigenvalue weighted by Crippen LogP contribution is -2.36. The number of hydrogen-bond donors (Lipinski definition) is 1. The van der Waals surface area contributed by atoms with E-state index in [-0.39, 0.29) is 12.5 Å². The van der Waals surface area contributed by atoms with Crippen molar-refractivity contribution in [3.8, 4) is 0 Å². The van der Waals surface area contributed by atoms with E-state index in [1.54, 1.807) is 22.0 Å². The first-order chi connectivity index (χ1) is 8.65. The minimum absolute atomic E-state index is 0.0598. The molecule has 1 aliphatic rings. The Morgan fingerprint density at radius 1 is 1.61 bits per heavy atom. The fraction of sp³-hybridized carbons (Fsp3) is 0.667. The first kappa shape index (κ1) is 12.9. The van der Waals surface area contributed by atoms with Gasteiger partial charge in [-0.05, 0) is 18.8 Å². The Morgan fingerprint density at radius 2 is 2.33 bits per heavy atom. The molecule has 1 fully saturated rings. The number of rotatable bonds is 4. The van der Waals surface area contributed by atoms with Gasteiger partial charge in [0.2, 0.25) is 5.91 Å². The molecule has 1 amide bonds. The molecular weight excluding hydrogens is 232 g/mol. The van der Waals surface area contributed by atoms with Gasteiger partial charge in [-0.25, -0.2) is 0 Å². The smallest absolute Gasteiger partial charge is 0.244 e. The van der Waals surface area contributed by atoms with Gasteiger partial charge < -0.3 is 15.4 Å². The molecular formula is C12H20N4O2. The largest absolute Gasteiger partial charge is 0.396 e. The molecule has 0 bridgehead atoms. The molecule has 1 aliphatic heterocycles. The van der Waals surface area contributed by atoms with Crippen LogP contribution in [0.4, 0.5) is 5.69 Å². The van der Waals surface area contributed by atoms with Gasteiger partial charge in [-0.3, -0.25) is 9.48 Å². The van der Waals surface area contributed by atoms with E-state index >= 15 is 0 Å². The van der Waals surface area contributed by atoms with E-state index < -0.39 is 0 Å². The van der Waals surface area contributed by atoms with Crippen molar-refractivity contribution in [1.29, 1.82) is 0 Å². The average molecular weight is 252 g/mol. The lowest BCUT2D eigenvalue weighted by atomic mass is 10.00. The summed E-state index contributed by atoms with van der Waals surface area (Å²) in [6.07, 6.45) is 5.28. The van der Waals surface area contributed by atoms with Gasteiger partial charge in [0.25, 0.3) is 0 Å². The monoisotopic (exact) mass is 252 g/mol. The summed E-state index contributed by atoms with van der Waals surface area (Å²) in [5.41, 5.74) is 6.14. The van der Waals surface area contributed by atoms with Crippen molar-refractivity contribution in [2.75, 3.05) is 32.5 Å². The molecule has 2 heterocycles. The second-order valence-corrected chi connectivity index (χ2v) is 4.80. The number of likely N-dealkylation sites (N-methyl/N-ethyl adjacent to an activating group) is 1. The van der Waals surface area contributed by atoms with Crippen LogP contribution in [0.1, 0.15) is 12.8 Å². The van der Waals surface area contributed by atoms with Crippen LogP contribution in [-0.2, 0) is 16.1 Å². The molecule has 0 atom stereocenters. The summed E-state index contributed by atoms with van der Waals surface area (Å²) in [4.78, 5) is 13.8. The quantitative estimate of drug-likeness (QED) is 0.839. The number of nitrogens with zero attached hydrogens (tertiary/aromatic N) is 3. The highest BCUT2D eigenvalue weighted by atomic mass is 16.5. The van der Waals surface area contributed by atoms with Gasteiger partial charge in [-0.2, -0.15) is 5.10 Å². The number of amides is 1. The van der Waals surface area contributed by atoms with Crippen LogP contribution >= 0.6 is 0 Å². The van der Waals surface area contributed by atoms with Crippen molar-refractivity contribution >= 4 is 11.6 Å². The van der Waals surface area contributed by atoms with E-state index in [1.807, 2.05) is 7.05 Å². The van der Waals surface area contributed by atoms with Crippen LogP contribution in [0.15, 0.2) is 12.4 Å². The Morgan fingerprint density at radius 3 is 2.94 bits per heavy atom. The molecule has 100 valence electrons. The first-order valence-corrected chi connectivity index (χ1v) is 6.25. The molecule has 0 aliphatic carbocycles. The Kier molecular flexibility index (Phi) is 4.19. The maximum Gasteiger partial charge on any atom is 0.244 e. The minimum Gasteiger partial charge on any atom is -0.396 e. The summed E-state index contributed by atoms with van der Waals surface area (Å²) in [5.74, 6) is 0.611. The third-order valence-electron chi connectivity index (χ3n) is 3.25. The van der Waals surface area contributed by atoms with Gasteiger partial charge >= 0.3 is 0 Å². The zero-order chi connectivity index (χ0) is 13.0. The number of carbonyl (C=O) groups excluding carboxylic acids is 1. The van der Waals surface area contributed by atoms with E-state index in [9.17, 15) is 4.79 Å². The van der Waals surface area contributed by atoms with Gasteiger partial charge in [0.05, 0.1) is 11.9 Å². The Bertz CT molecular complexity index is 399. The number of anilines is 1. The zero-order valence-electron chi connectivity index (χ0n) is 10.7. The Hall–Kier alpha value is -1.56. The second kappa shape index (κ2) is 5.86. The summed E-state index contributed by atoms with van der Waals surface area (Å²) in [7, 11) is 1.84. The predicted octanol–water partition coefficient (Wildman–Crippen LogP) is 0.350. The van der Waals surface area contributed by atoms with E-state index in [1.165, 1.54) is 0 Å². The molecule has 0 radical (unpaired) electrons. The van der Waals surface area contributed by atoms with Crippen molar-refractivity contribution in [3.05, 3.63) is 12.4 Å². The number of hydrogen-bond acceptors (Lipinski definition) is 4. The number of carbonyl (C=O) groups is 1. The van der Waals surface area contributed by atoms with Crippen LogP contribution in [-0.4, -0.2) is 47.4 Å². The standard InChI is InChI=1S/C12H20N4O2/c1-15(7-10-2-4-18-5-3-10)12(17)9-16-8-11(13)6-14-16/h6,8,10H,2-5,7,9,13H2,1H3. The summed E-state index contributed by atoms with van der Waals surface area (Å²) in [6.45, 7) is 2.65. The molecule has 2 rings (SSSR count). The van der Waals surface area contributed by atoms with Crippen molar-refractivity contribution < 1.29 is 9.53 Å². The molecule has 0 aromatic carbocycles. The van der Waals surface area contributed by atoms with Crippen molar-refractivity contribution in [1.82, 2.24) is 14.7 Å². The van der Waals surface area contributed by atoms with E-state index in [4.69, 9.17) is 10.5 Å². The number of aromatic nitrogens is 2. The number of ether oxygens (including phenoxy) is 1. The lowest BCUT2D eigenvalue weighted by Gasteiger charge is -2.27. The molecule has 1 aromatic heterocycles. The summed E-state index contributed by atoms with van der Waals surface area (Å²) in [6, 6.07) is 0. The highest BCUT2D eigenvalue weighted by Gasteiger charge is 2.18. The van der Waals surface area contributed by atoms with Crippen LogP contribution in [0.2, 0.25) is 0 Å². The fourth-order valence-electron chi connectivity index (χ4n) is 2.14. The molecule has 0 unspecified atom stereocenters. The summed E-state index contributed by atoms with van der Waals surface area (Å²) < 4.78 is 6.88. The predicted molar refractivity (Wildman–Crippen MR) is 67.8 cm³/mol. The normalized spacial score (nSPS) is 16.7. The van der Waals surface area contributed by atoms with Crippen LogP contribution in [0, 0.1) is 5.92 Å². The van der Waals surface area contributed by atoms with E-state index in [0.29, 0.717) is 11.6 Å². The van der Waals surface area contributed by atoms with Crippen LogP contribution < -0.4 is 5.73 Å². The maximum absolute atomic E-state index is 12.0. The third kappa shape index (κ3) is 3.46. The fourth-order valence-corrected chi connectivity index (χ4v) is 2.14. The molecule has 6 heteroatoms. The molecule has 1 saturated heterocycles. The summed E-state index contributed by atoms with van der Waals surface area (Å²) in [5, 5.41) is 4.01. The Labute approximate surface area is 107 Å². The minimum atomic E-state index is 0.0598. The van der Waals surface area contributed by atoms with Gasteiger partial charge in [-0.1, -0.05) is 0 Å². The Balaban J connectivity index is 1.80.